The van der Waals surface area contributed by atoms with Crippen molar-refractivity contribution in [2.24, 2.45) is 11.0 Å². The summed E-state index contributed by atoms with van der Waals surface area (Å²) < 4.78 is 6.41. The van der Waals surface area contributed by atoms with E-state index in [9.17, 15) is 14.4 Å². The van der Waals surface area contributed by atoms with E-state index < -0.39 is 11.7 Å². The van der Waals surface area contributed by atoms with Gasteiger partial charge >= 0.3 is 11.8 Å². The standard InChI is InChI=1S/C17H22N4O4S/c1-8-6-10(8)21-14(22)12-9(2)11(26-13(12)19-15(21)23)7-18-20-16(24)25-17(3,4)5/h7-8,10H,6H2,1-5H3,(H,19,23)(H,20,24)/t8-,10-/m0/s1. The van der Waals surface area contributed by atoms with Crippen LogP contribution in [0.3, 0.4) is 0 Å². The summed E-state index contributed by atoms with van der Waals surface area (Å²) in [5.41, 5.74) is 1.75. The topological polar surface area (TPSA) is 106 Å². The second kappa shape index (κ2) is 6.39. The van der Waals surface area contributed by atoms with E-state index in [4.69, 9.17) is 4.74 Å². The second-order valence-corrected chi connectivity index (χ2v) is 8.61. The number of hydrogen-bond donors (Lipinski definition) is 2. The van der Waals surface area contributed by atoms with Crippen molar-refractivity contribution in [1.29, 1.82) is 0 Å². The van der Waals surface area contributed by atoms with Gasteiger partial charge in [-0.05, 0) is 45.6 Å². The molecule has 0 aromatic carbocycles. The molecule has 1 saturated carbocycles. The van der Waals surface area contributed by atoms with Crippen LogP contribution >= 0.6 is 11.3 Å². The van der Waals surface area contributed by atoms with Crippen LogP contribution in [0.25, 0.3) is 10.2 Å². The maximum Gasteiger partial charge on any atom is 0.428 e. The second-order valence-electron chi connectivity index (χ2n) is 7.55. The first-order valence-corrected chi connectivity index (χ1v) is 9.20. The Kier molecular flexibility index (Phi) is 4.51. The van der Waals surface area contributed by atoms with Crippen LogP contribution in [-0.4, -0.2) is 27.5 Å². The van der Waals surface area contributed by atoms with Gasteiger partial charge in [0, 0.05) is 6.04 Å². The highest BCUT2D eigenvalue weighted by Gasteiger charge is 2.37. The van der Waals surface area contributed by atoms with Crippen molar-refractivity contribution < 1.29 is 9.53 Å². The maximum absolute atomic E-state index is 12.8. The number of rotatable bonds is 3. The molecule has 0 saturated heterocycles. The Bertz CT molecular complexity index is 1010. The molecule has 1 aliphatic rings. The van der Waals surface area contributed by atoms with Crippen molar-refractivity contribution in [1.82, 2.24) is 15.0 Å². The van der Waals surface area contributed by atoms with Crippen molar-refractivity contribution in [3.05, 3.63) is 31.3 Å². The molecule has 2 N–H and O–H groups in total. The Morgan fingerprint density at radius 1 is 1.42 bits per heavy atom. The van der Waals surface area contributed by atoms with Crippen molar-refractivity contribution in [2.45, 2.75) is 52.7 Å². The minimum Gasteiger partial charge on any atom is -0.443 e. The molecule has 8 nitrogen and oxygen atoms in total. The molecule has 1 aliphatic carbocycles. The molecule has 0 unspecified atom stereocenters. The molecule has 26 heavy (non-hydrogen) atoms. The van der Waals surface area contributed by atoms with E-state index in [-0.39, 0.29) is 17.3 Å². The molecule has 2 aromatic rings. The number of ether oxygens (including phenoxy) is 1. The Morgan fingerprint density at radius 2 is 2.08 bits per heavy atom. The molecule has 1 fully saturated rings. The zero-order chi connectivity index (χ0) is 19.2. The fourth-order valence-electron chi connectivity index (χ4n) is 2.78. The molecule has 3 rings (SSSR count). The van der Waals surface area contributed by atoms with Crippen LogP contribution in [-0.2, 0) is 4.74 Å². The van der Waals surface area contributed by atoms with Gasteiger partial charge in [0.1, 0.15) is 10.4 Å². The predicted octanol–water partition coefficient (Wildman–Crippen LogP) is 2.50. The quantitative estimate of drug-likeness (QED) is 0.632. The van der Waals surface area contributed by atoms with E-state index in [1.165, 1.54) is 22.1 Å². The zero-order valence-electron chi connectivity index (χ0n) is 15.4. The molecule has 2 aromatic heterocycles. The number of aryl methyl sites for hydroxylation is 1. The number of thiophene rings is 1. The fraction of sp³-hybridized carbons (Fsp3) is 0.529. The van der Waals surface area contributed by atoms with Crippen LogP contribution in [0.2, 0.25) is 0 Å². The molecule has 0 spiro atoms. The summed E-state index contributed by atoms with van der Waals surface area (Å²) in [7, 11) is 0. The smallest absolute Gasteiger partial charge is 0.428 e. The molecule has 9 heteroatoms. The Balaban J connectivity index is 1.89. The van der Waals surface area contributed by atoms with Gasteiger partial charge in [-0.1, -0.05) is 6.92 Å². The lowest BCUT2D eigenvalue weighted by molar-refractivity contribution is 0.0529. The van der Waals surface area contributed by atoms with Crippen LogP contribution in [0.4, 0.5) is 4.79 Å². The predicted molar refractivity (Wildman–Crippen MR) is 101 cm³/mol. The van der Waals surface area contributed by atoms with Gasteiger partial charge in [0.05, 0.1) is 16.5 Å². The molecule has 2 heterocycles. The Morgan fingerprint density at radius 3 is 2.65 bits per heavy atom. The molecule has 2 atom stereocenters. The number of hydrogen-bond acceptors (Lipinski definition) is 6. The van der Waals surface area contributed by atoms with Gasteiger partial charge in [-0.25, -0.2) is 15.0 Å². The highest BCUT2D eigenvalue weighted by atomic mass is 32.1. The molecule has 0 radical (unpaired) electrons. The summed E-state index contributed by atoms with van der Waals surface area (Å²) in [6.07, 6.45) is 1.63. The number of amides is 1. The summed E-state index contributed by atoms with van der Waals surface area (Å²) in [5, 5.41) is 4.37. The summed E-state index contributed by atoms with van der Waals surface area (Å²) in [4.78, 5) is 40.6. The van der Waals surface area contributed by atoms with E-state index in [0.29, 0.717) is 21.0 Å². The van der Waals surface area contributed by atoms with Crippen LogP contribution in [0.5, 0.6) is 0 Å². The third kappa shape index (κ3) is 3.57. The van der Waals surface area contributed by atoms with E-state index in [0.717, 1.165) is 12.0 Å². The number of nitrogens with zero attached hydrogens (tertiary/aromatic N) is 2. The molecular weight excluding hydrogens is 356 g/mol. The van der Waals surface area contributed by atoms with Crippen LogP contribution in [0, 0.1) is 12.8 Å². The molecule has 0 bridgehead atoms. The highest BCUT2D eigenvalue weighted by Crippen LogP contribution is 2.41. The van der Waals surface area contributed by atoms with E-state index in [1.54, 1.807) is 27.7 Å². The van der Waals surface area contributed by atoms with E-state index in [1.807, 2.05) is 6.92 Å². The molecule has 0 aliphatic heterocycles. The van der Waals surface area contributed by atoms with Gasteiger partial charge in [0.2, 0.25) is 0 Å². The Hall–Kier alpha value is -2.42. The molecule has 140 valence electrons. The van der Waals surface area contributed by atoms with Crippen molar-refractivity contribution >= 4 is 33.9 Å². The molecule has 1 amide bonds. The third-order valence-corrected chi connectivity index (χ3v) is 5.33. The van der Waals surface area contributed by atoms with E-state index in [2.05, 4.69) is 15.5 Å². The number of aromatic amines is 1. The van der Waals surface area contributed by atoms with Crippen LogP contribution in [0.1, 0.15) is 50.6 Å². The summed E-state index contributed by atoms with van der Waals surface area (Å²) in [5.74, 6) is 0.337. The lowest BCUT2D eigenvalue weighted by Gasteiger charge is -2.18. The third-order valence-electron chi connectivity index (χ3n) is 4.19. The SMILES string of the molecule is Cc1c(C=NNC(=O)OC(C)(C)C)sc2[nH]c(=O)n([C@H]3C[C@@H]3C)c(=O)c12. The van der Waals surface area contributed by atoms with Crippen molar-refractivity contribution in [3.63, 3.8) is 0 Å². The number of carbonyl (C=O) groups is 1. The van der Waals surface area contributed by atoms with Gasteiger partial charge in [-0.15, -0.1) is 11.3 Å². The number of H-pyrrole nitrogens is 1. The maximum atomic E-state index is 12.8. The number of carbonyl (C=O) groups excluding carboxylic acids is 1. The Labute approximate surface area is 153 Å². The normalized spacial score (nSPS) is 19.9. The van der Waals surface area contributed by atoms with Crippen LogP contribution in [0.15, 0.2) is 14.7 Å². The largest absolute Gasteiger partial charge is 0.443 e. The number of hydrazone groups is 1. The van der Waals surface area contributed by atoms with Crippen LogP contribution < -0.4 is 16.7 Å². The van der Waals surface area contributed by atoms with Gasteiger partial charge < -0.3 is 4.74 Å². The zero-order valence-corrected chi connectivity index (χ0v) is 16.2. The van der Waals surface area contributed by atoms with Gasteiger partial charge in [0.15, 0.2) is 0 Å². The molecular formula is C17H22N4O4S. The first kappa shape index (κ1) is 18.4. The first-order chi connectivity index (χ1) is 12.1. The monoisotopic (exact) mass is 378 g/mol. The van der Waals surface area contributed by atoms with Crippen molar-refractivity contribution in [3.8, 4) is 0 Å². The summed E-state index contributed by atoms with van der Waals surface area (Å²) in [6.45, 7) is 9.09. The lowest BCUT2D eigenvalue weighted by atomic mass is 10.2. The first-order valence-electron chi connectivity index (χ1n) is 8.38. The summed E-state index contributed by atoms with van der Waals surface area (Å²) in [6, 6.07) is -0.0269. The fourth-order valence-corrected chi connectivity index (χ4v) is 3.84. The van der Waals surface area contributed by atoms with Gasteiger partial charge in [0.25, 0.3) is 5.56 Å². The van der Waals surface area contributed by atoms with Gasteiger partial charge in [-0.3, -0.25) is 14.3 Å². The number of nitrogens with one attached hydrogen (secondary N) is 2. The minimum absolute atomic E-state index is 0.0269. The highest BCUT2D eigenvalue weighted by molar-refractivity contribution is 7.20. The van der Waals surface area contributed by atoms with Crippen molar-refractivity contribution in [2.75, 3.05) is 0 Å². The van der Waals surface area contributed by atoms with E-state index >= 15 is 0 Å². The summed E-state index contributed by atoms with van der Waals surface area (Å²) >= 11 is 1.25. The average molecular weight is 378 g/mol. The average Bonchev–Trinajstić information content (AvgIpc) is 3.10. The minimum atomic E-state index is -0.661. The number of fused-ring (bicyclic) bond motifs is 1. The number of aromatic nitrogens is 2. The lowest BCUT2D eigenvalue weighted by Crippen LogP contribution is -2.34. The van der Waals surface area contributed by atoms with Gasteiger partial charge in [-0.2, -0.15) is 5.10 Å².